The van der Waals surface area contributed by atoms with Crippen molar-refractivity contribution >= 4 is 5.78 Å². The van der Waals surface area contributed by atoms with Gasteiger partial charge in [-0.15, -0.1) is 0 Å². The lowest BCUT2D eigenvalue weighted by atomic mass is 9.97. The molecule has 1 aromatic carbocycles. The van der Waals surface area contributed by atoms with Gasteiger partial charge in [0, 0.05) is 19.3 Å². The number of hydrogen-bond donors (Lipinski definition) is 2. The lowest BCUT2D eigenvalue weighted by molar-refractivity contribution is 0.0175. The van der Waals surface area contributed by atoms with E-state index < -0.39 is 11.7 Å². The maximum atomic E-state index is 11.9. The van der Waals surface area contributed by atoms with Crippen LogP contribution in [-0.2, 0) is 9.47 Å². The Morgan fingerprint density at radius 1 is 1.17 bits per heavy atom. The van der Waals surface area contributed by atoms with Crippen molar-refractivity contribution < 1.29 is 29.2 Å². The minimum atomic E-state index is -1.39. The lowest BCUT2D eigenvalue weighted by Crippen LogP contribution is -2.30. The standard InChI is InChI=1S/C18H28O6/c1-18(2,21)17(20)14-6-8-16(9-7-14)24-12-11-23-13-15(19)5-4-10-22-3/h6-9,15,19,21H,4-5,10-13H2,1-3H3. The highest BCUT2D eigenvalue weighted by Gasteiger charge is 2.24. The fourth-order valence-corrected chi connectivity index (χ4v) is 2.04. The van der Waals surface area contributed by atoms with E-state index in [0.717, 1.165) is 6.42 Å². The number of ether oxygens (including phenoxy) is 3. The number of aliphatic hydroxyl groups is 2. The van der Waals surface area contributed by atoms with Gasteiger partial charge < -0.3 is 24.4 Å². The highest BCUT2D eigenvalue weighted by atomic mass is 16.5. The average Bonchev–Trinajstić information content (AvgIpc) is 2.54. The van der Waals surface area contributed by atoms with Gasteiger partial charge in [0.25, 0.3) is 0 Å². The van der Waals surface area contributed by atoms with E-state index in [-0.39, 0.29) is 12.4 Å². The normalized spacial score (nSPS) is 12.9. The molecule has 0 amide bonds. The molecule has 0 fully saturated rings. The number of hydrogen-bond acceptors (Lipinski definition) is 6. The predicted molar refractivity (Wildman–Crippen MR) is 90.5 cm³/mol. The predicted octanol–water partition coefficient (Wildman–Crippen LogP) is 1.82. The molecule has 1 atom stereocenters. The first-order valence-corrected chi connectivity index (χ1v) is 8.09. The van der Waals surface area contributed by atoms with Gasteiger partial charge in [-0.1, -0.05) is 0 Å². The molecule has 6 heteroatoms. The van der Waals surface area contributed by atoms with Crippen LogP contribution in [0.1, 0.15) is 37.0 Å². The molecule has 2 N–H and O–H groups in total. The molecule has 0 heterocycles. The number of carbonyl (C=O) groups excluding carboxylic acids is 1. The summed E-state index contributed by atoms with van der Waals surface area (Å²) in [5, 5.41) is 19.4. The fourth-order valence-electron chi connectivity index (χ4n) is 2.04. The van der Waals surface area contributed by atoms with E-state index in [1.54, 1.807) is 31.4 Å². The Labute approximate surface area is 143 Å². The molecule has 1 aromatic rings. The van der Waals surface area contributed by atoms with Crippen molar-refractivity contribution in [2.45, 2.75) is 38.4 Å². The van der Waals surface area contributed by atoms with Crippen LogP contribution in [0.3, 0.4) is 0 Å². The number of methoxy groups -OCH3 is 1. The lowest BCUT2D eigenvalue weighted by Gasteiger charge is -2.15. The molecule has 0 aliphatic carbocycles. The molecular formula is C18H28O6. The number of ketones is 1. The van der Waals surface area contributed by atoms with Gasteiger partial charge in [0.05, 0.1) is 19.3 Å². The van der Waals surface area contributed by atoms with Crippen molar-refractivity contribution in [2.75, 3.05) is 33.5 Å². The highest BCUT2D eigenvalue weighted by molar-refractivity contribution is 6.01. The van der Waals surface area contributed by atoms with E-state index >= 15 is 0 Å². The van der Waals surface area contributed by atoms with Gasteiger partial charge in [0.1, 0.15) is 18.0 Å². The molecule has 6 nitrogen and oxygen atoms in total. The maximum absolute atomic E-state index is 11.9. The number of aliphatic hydroxyl groups excluding tert-OH is 1. The first-order valence-electron chi connectivity index (χ1n) is 8.09. The summed E-state index contributed by atoms with van der Waals surface area (Å²) in [5.74, 6) is 0.284. The topological polar surface area (TPSA) is 85.2 Å². The number of carbonyl (C=O) groups is 1. The van der Waals surface area contributed by atoms with E-state index in [9.17, 15) is 15.0 Å². The van der Waals surface area contributed by atoms with Crippen LogP contribution in [0.2, 0.25) is 0 Å². The summed E-state index contributed by atoms with van der Waals surface area (Å²) < 4.78 is 15.8. The minimum Gasteiger partial charge on any atom is -0.491 e. The fraction of sp³-hybridized carbons (Fsp3) is 0.611. The zero-order valence-corrected chi connectivity index (χ0v) is 14.7. The second-order valence-corrected chi connectivity index (χ2v) is 6.12. The van der Waals surface area contributed by atoms with E-state index in [4.69, 9.17) is 14.2 Å². The smallest absolute Gasteiger partial charge is 0.193 e. The van der Waals surface area contributed by atoms with Crippen LogP contribution in [0.5, 0.6) is 5.75 Å². The van der Waals surface area contributed by atoms with Crippen molar-refractivity contribution in [3.8, 4) is 5.75 Å². The Morgan fingerprint density at radius 3 is 2.42 bits per heavy atom. The molecule has 0 radical (unpaired) electrons. The Hall–Kier alpha value is -1.47. The van der Waals surface area contributed by atoms with E-state index in [1.165, 1.54) is 13.8 Å². The first-order chi connectivity index (χ1) is 11.3. The molecule has 1 unspecified atom stereocenters. The van der Waals surface area contributed by atoms with Crippen LogP contribution < -0.4 is 4.74 Å². The molecule has 0 aliphatic rings. The van der Waals surface area contributed by atoms with Gasteiger partial charge >= 0.3 is 0 Å². The Kier molecular flexibility index (Phi) is 8.92. The number of Topliss-reactive ketones (excluding diaryl/α,β-unsaturated/α-hetero) is 1. The van der Waals surface area contributed by atoms with E-state index in [0.29, 0.717) is 37.6 Å². The van der Waals surface area contributed by atoms with Crippen LogP contribution in [0, 0.1) is 0 Å². The molecule has 1 rings (SSSR count). The molecule has 0 aromatic heterocycles. The third-order valence-electron chi connectivity index (χ3n) is 3.36. The molecular weight excluding hydrogens is 312 g/mol. The summed E-state index contributed by atoms with van der Waals surface area (Å²) in [6.45, 7) is 4.54. The van der Waals surface area contributed by atoms with E-state index in [1.807, 2.05) is 0 Å². The van der Waals surface area contributed by atoms with Crippen molar-refractivity contribution in [1.29, 1.82) is 0 Å². The third kappa shape index (κ3) is 7.88. The zero-order valence-electron chi connectivity index (χ0n) is 14.7. The van der Waals surface area contributed by atoms with Gasteiger partial charge in [-0.25, -0.2) is 0 Å². The Morgan fingerprint density at radius 2 is 1.83 bits per heavy atom. The third-order valence-corrected chi connectivity index (χ3v) is 3.36. The average molecular weight is 340 g/mol. The molecule has 0 spiro atoms. The molecule has 136 valence electrons. The molecule has 0 saturated carbocycles. The molecule has 24 heavy (non-hydrogen) atoms. The second-order valence-electron chi connectivity index (χ2n) is 6.12. The highest BCUT2D eigenvalue weighted by Crippen LogP contribution is 2.17. The summed E-state index contributed by atoms with van der Waals surface area (Å²) in [5.41, 5.74) is -0.953. The minimum absolute atomic E-state index is 0.270. The van der Waals surface area contributed by atoms with Crippen LogP contribution in [0.15, 0.2) is 24.3 Å². The van der Waals surface area contributed by atoms with Crippen LogP contribution >= 0.6 is 0 Å². The monoisotopic (exact) mass is 340 g/mol. The maximum Gasteiger partial charge on any atom is 0.193 e. The second kappa shape index (κ2) is 10.4. The summed E-state index contributed by atoms with van der Waals surface area (Å²) in [6.07, 6.45) is 0.950. The summed E-state index contributed by atoms with van der Waals surface area (Å²) in [6, 6.07) is 6.60. The molecule has 0 aliphatic heterocycles. The van der Waals surface area contributed by atoms with Gasteiger partial charge in [0.2, 0.25) is 0 Å². The van der Waals surface area contributed by atoms with E-state index in [2.05, 4.69) is 0 Å². The Balaban J connectivity index is 2.23. The van der Waals surface area contributed by atoms with Crippen molar-refractivity contribution in [3.05, 3.63) is 29.8 Å². The van der Waals surface area contributed by atoms with Crippen LogP contribution in [0.25, 0.3) is 0 Å². The van der Waals surface area contributed by atoms with Gasteiger partial charge in [-0.2, -0.15) is 0 Å². The SMILES string of the molecule is COCCCC(O)COCCOc1ccc(C(=O)C(C)(C)O)cc1. The molecule has 0 bridgehead atoms. The largest absolute Gasteiger partial charge is 0.491 e. The first kappa shape index (κ1) is 20.6. The van der Waals surface area contributed by atoms with Gasteiger partial charge in [-0.05, 0) is 51.0 Å². The zero-order chi connectivity index (χ0) is 18.0. The summed E-state index contributed by atoms with van der Waals surface area (Å²) >= 11 is 0. The Bertz CT molecular complexity index is 477. The van der Waals surface area contributed by atoms with Crippen molar-refractivity contribution in [3.63, 3.8) is 0 Å². The number of benzene rings is 1. The van der Waals surface area contributed by atoms with Crippen LogP contribution in [-0.4, -0.2) is 61.2 Å². The van der Waals surface area contributed by atoms with Gasteiger partial charge in [-0.3, -0.25) is 4.79 Å². The van der Waals surface area contributed by atoms with Crippen molar-refractivity contribution in [2.24, 2.45) is 0 Å². The van der Waals surface area contributed by atoms with Gasteiger partial charge in [0.15, 0.2) is 5.78 Å². The summed E-state index contributed by atoms with van der Waals surface area (Å²) in [4.78, 5) is 11.9. The quantitative estimate of drug-likeness (QED) is 0.446. The van der Waals surface area contributed by atoms with Crippen LogP contribution in [0.4, 0.5) is 0 Å². The number of rotatable bonds is 12. The molecule has 0 saturated heterocycles. The summed E-state index contributed by atoms with van der Waals surface area (Å²) in [7, 11) is 1.63. The van der Waals surface area contributed by atoms with Crippen molar-refractivity contribution in [1.82, 2.24) is 0 Å².